The van der Waals surface area contributed by atoms with E-state index in [0.717, 1.165) is 42.0 Å². The molecule has 4 rings (SSSR count). The quantitative estimate of drug-likeness (QED) is 0.745. The van der Waals surface area contributed by atoms with E-state index in [4.69, 9.17) is 4.52 Å². The summed E-state index contributed by atoms with van der Waals surface area (Å²) in [5, 5.41) is 11.1. The second-order valence-corrected chi connectivity index (χ2v) is 7.61. The molecule has 146 valence electrons. The molecule has 0 unspecified atom stereocenters. The average molecular weight is 380 g/mol. The van der Waals surface area contributed by atoms with Gasteiger partial charge in [-0.2, -0.15) is 5.10 Å². The van der Waals surface area contributed by atoms with Crippen LogP contribution < -0.4 is 0 Å². The molecule has 1 fully saturated rings. The van der Waals surface area contributed by atoms with Gasteiger partial charge in [0, 0.05) is 37.0 Å². The summed E-state index contributed by atoms with van der Waals surface area (Å²) >= 11 is 0. The van der Waals surface area contributed by atoms with Gasteiger partial charge in [0.25, 0.3) is 5.91 Å². The van der Waals surface area contributed by atoms with Gasteiger partial charge in [-0.25, -0.2) is 9.97 Å². The van der Waals surface area contributed by atoms with Gasteiger partial charge in [-0.3, -0.25) is 9.89 Å². The molecule has 1 saturated heterocycles. The lowest BCUT2D eigenvalue weighted by Gasteiger charge is -2.32. The summed E-state index contributed by atoms with van der Waals surface area (Å²) in [7, 11) is 0. The second kappa shape index (κ2) is 7.53. The smallest absolute Gasteiger partial charge is 0.274 e. The molecule has 1 amide bonds. The highest BCUT2D eigenvalue weighted by Gasteiger charge is 2.30. The van der Waals surface area contributed by atoms with E-state index in [1.165, 1.54) is 0 Å². The summed E-state index contributed by atoms with van der Waals surface area (Å²) < 4.78 is 5.43. The highest BCUT2D eigenvalue weighted by Crippen LogP contribution is 2.33. The molecule has 3 aromatic heterocycles. The van der Waals surface area contributed by atoms with Gasteiger partial charge in [-0.1, -0.05) is 19.0 Å². The summed E-state index contributed by atoms with van der Waals surface area (Å²) in [6, 6.07) is 3.73. The van der Waals surface area contributed by atoms with E-state index in [1.807, 2.05) is 24.0 Å². The summed E-state index contributed by atoms with van der Waals surface area (Å²) in [4.78, 5) is 23.5. The van der Waals surface area contributed by atoms with E-state index in [1.54, 1.807) is 12.5 Å². The molecule has 1 N–H and O–H groups in total. The van der Waals surface area contributed by atoms with Gasteiger partial charge in [0.05, 0.1) is 17.0 Å². The number of piperidine rings is 1. The van der Waals surface area contributed by atoms with Crippen molar-refractivity contribution in [3.63, 3.8) is 0 Å². The first-order valence-corrected chi connectivity index (χ1v) is 9.61. The molecule has 1 aliphatic rings. The van der Waals surface area contributed by atoms with Gasteiger partial charge >= 0.3 is 0 Å². The van der Waals surface area contributed by atoms with Crippen LogP contribution in [0.2, 0.25) is 0 Å². The van der Waals surface area contributed by atoms with Crippen LogP contribution in [-0.2, 0) is 0 Å². The van der Waals surface area contributed by atoms with Crippen molar-refractivity contribution in [3.8, 4) is 11.3 Å². The fraction of sp³-hybridized carbons (Fsp3) is 0.450. The second-order valence-electron chi connectivity index (χ2n) is 7.61. The Bertz CT molecular complexity index is 976. The van der Waals surface area contributed by atoms with Crippen molar-refractivity contribution in [3.05, 3.63) is 47.4 Å². The van der Waals surface area contributed by atoms with Crippen molar-refractivity contribution >= 4 is 5.91 Å². The number of likely N-dealkylation sites (tertiary alicyclic amines) is 1. The highest BCUT2D eigenvalue weighted by molar-refractivity contribution is 5.92. The van der Waals surface area contributed by atoms with Crippen LogP contribution in [0.4, 0.5) is 0 Å². The predicted octanol–water partition coefficient (Wildman–Crippen LogP) is 3.31. The Morgan fingerprint density at radius 2 is 2.21 bits per heavy atom. The summed E-state index contributed by atoms with van der Waals surface area (Å²) in [5.74, 6) is 1.03. The maximum atomic E-state index is 13.0. The molecule has 0 aliphatic carbocycles. The monoisotopic (exact) mass is 380 g/mol. The van der Waals surface area contributed by atoms with Crippen LogP contribution >= 0.6 is 0 Å². The zero-order valence-corrected chi connectivity index (χ0v) is 16.3. The Hall–Kier alpha value is -3.03. The summed E-state index contributed by atoms with van der Waals surface area (Å²) in [5.41, 5.74) is 3.98. The number of nitrogens with zero attached hydrogens (tertiary/aromatic N) is 5. The Labute approximate surface area is 163 Å². The highest BCUT2D eigenvalue weighted by atomic mass is 16.5. The largest absolute Gasteiger partial charge is 0.356 e. The topological polar surface area (TPSA) is 101 Å². The van der Waals surface area contributed by atoms with Gasteiger partial charge in [0.2, 0.25) is 0 Å². The maximum absolute atomic E-state index is 13.0. The van der Waals surface area contributed by atoms with Crippen molar-refractivity contribution in [1.29, 1.82) is 0 Å². The molecule has 8 nitrogen and oxygen atoms in total. The minimum absolute atomic E-state index is 0.0426. The fourth-order valence-electron chi connectivity index (χ4n) is 3.63. The molecule has 1 atom stereocenters. The summed E-state index contributed by atoms with van der Waals surface area (Å²) in [6.45, 7) is 7.34. The number of carbonyl (C=O) groups is 1. The summed E-state index contributed by atoms with van der Waals surface area (Å²) in [6.07, 6.45) is 5.17. The first-order chi connectivity index (χ1) is 13.5. The van der Waals surface area contributed by atoms with Crippen molar-refractivity contribution < 1.29 is 9.32 Å². The number of hydrogen-bond donors (Lipinski definition) is 1. The molecular weight excluding hydrogens is 356 g/mol. The van der Waals surface area contributed by atoms with Crippen LogP contribution in [0.1, 0.15) is 66.1 Å². The minimum atomic E-state index is -0.0426. The van der Waals surface area contributed by atoms with Gasteiger partial charge < -0.3 is 9.42 Å². The van der Waals surface area contributed by atoms with Crippen LogP contribution in [0.5, 0.6) is 0 Å². The van der Waals surface area contributed by atoms with Crippen LogP contribution in [0.3, 0.4) is 0 Å². The Morgan fingerprint density at radius 1 is 1.36 bits per heavy atom. The Kier molecular flexibility index (Phi) is 4.93. The van der Waals surface area contributed by atoms with Crippen molar-refractivity contribution in [1.82, 2.24) is 30.2 Å². The van der Waals surface area contributed by atoms with Crippen LogP contribution in [0.25, 0.3) is 11.3 Å². The SMILES string of the molecule is Cc1cc(-c2cncnc2[C@@H]2CCCN(C(=O)c3cc(C(C)C)[nH]n3)C2)on1. The van der Waals surface area contributed by atoms with Crippen molar-refractivity contribution in [2.24, 2.45) is 0 Å². The number of amides is 1. The number of aromatic amines is 1. The third-order valence-electron chi connectivity index (χ3n) is 5.17. The van der Waals surface area contributed by atoms with Gasteiger partial charge in [0.1, 0.15) is 12.0 Å². The molecule has 0 bridgehead atoms. The molecule has 28 heavy (non-hydrogen) atoms. The lowest BCUT2D eigenvalue weighted by atomic mass is 9.91. The molecule has 3 aromatic rings. The first-order valence-electron chi connectivity index (χ1n) is 9.61. The number of rotatable bonds is 4. The molecule has 0 spiro atoms. The van der Waals surface area contributed by atoms with E-state index in [9.17, 15) is 4.79 Å². The Balaban J connectivity index is 1.57. The third kappa shape index (κ3) is 3.54. The minimum Gasteiger partial charge on any atom is -0.356 e. The zero-order chi connectivity index (χ0) is 19.7. The van der Waals surface area contributed by atoms with Crippen LogP contribution in [0, 0.1) is 6.92 Å². The van der Waals surface area contributed by atoms with E-state index in [2.05, 4.69) is 39.2 Å². The maximum Gasteiger partial charge on any atom is 0.274 e. The fourth-order valence-corrected chi connectivity index (χ4v) is 3.63. The average Bonchev–Trinajstić information content (AvgIpc) is 3.37. The first kappa shape index (κ1) is 18.3. The molecule has 4 heterocycles. The van der Waals surface area contributed by atoms with Crippen LogP contribution in [-0.4, -0.2) is 49.2 Å². The number of hydrogen-bond acceptors (Lipinski definition) is 6. The number of carbonyl (C=O) groups excluding carboxylic acids is 1. The van der Waals surface area contributed by atoms with E-state index < -0.39 is 0 Å². The lowest BCUT2D eigenvalue weighted by Crippen LogP contribution is -2.39. The third-order valence-corrected chi connectivity index (χ3v) is 5.17. The standard InChI is InChI=1S/C20H24N6O2/c1-12(2)16-8-17(24-23-16)20(27)26-6-4-5-14(10-26)19-15(9-21-11-22-19)18-7-13(3)25-28-18/h7-9,11-12,14H,4-6,10H2,1-3H3,(H,23,24)/t14-/m1/s1. The van der Waals surface area contributed by atoms with Gasteiger partial charge in [-0.15, -0.1) is 0 Å². The molecule has 1 aliphatic heterocycles. The number of H-pyrrole nitrogens is 1. The number of aromatic nitrogens is 5. The molecular formula is C20H24N6O2. The zero-order valence-electron chi connectivity index (χ0n) is 16.3. The van der Waals surface area contributed by atoms with E-state index in [0.29, 0.717) is 23.9 Å². The van der Waals surface area contributed by atoms with Crippen LogP contribution in [0.15, 0.2) is 29.2 Å². The van der Waals surface area contributed by atoms with Crippen molar-refractivity contribution in [2.75, 3.05) is 13.1 Å². The van der Waals surface area contributed by atoms with Gasteiger partial charge in [0.15, 0.2) is 5.76 Å². The molecule has 0 radical (unpaired) electrons. The molecule has 0 saturated carbocycles. The normalized spacial score (nSPS) is 17.3. The van der Waals surface area contributed by atoms with Crippen molar-refractivity contribution in [2.45, 2.75) is 45.4 Å². The van der Waals surface area contributed by atoms with E-state index in [-0.39, 0.29) is 11.8 Å². The Morgan fingerprint density at radius 3 is 2.93 bits per heavy atom. The predicted molar refractivity (Wildman–Crippen MR) is 103 cm³/mol. The lowest BCUT2D eigenvalue weighted by molar-refractivity contribution is 0.0700. The molecule has 8 heteroatoms. The van der Waals surface area contributed by atoms with E-state index >= 15 is 0 Å². The molecule has 0 aromatic carbocycles. The number of aryl methyl sites for hydroxylation is 1. The van der Waals surface area contributed by atoms with Gasteiger partial charge in [-0.05, 0) is 31.7 Å². The number of nitrogens with one attached hydrogen (secondary N) is 1.